The summed E-state index contributed by atoms with van der Waals surface area (Å²) in [6.07, 6.45) is 4.60. The van der Waals surface area contributed by atoms with Gasteiger partial charge in [-0.25, -0.2) is 4.39 Å². The van der Waals surface area contributed by atoms with Gasteiger partial charge in [0, 0.05) is 30.1 Å². The molecule has 5 heteroatoms. The van der Waals surface area contributed by atoms with E-state index in [0.29, 0.717) is 5.52 Å². The third-order valence-corrected chi connectivity index (χ3v) is 5.70. The fourth-order valence-corrected chi connectivity index (χ4v) is 4.53. The van der Waals surface area contributed by atoms with E-state index in [1.807, 2.05) is 29.9 Å². The van der Waals surface area contributed by atoms with Gasteiger partial charge in [-0.05, 0) is 48.1 Å². The van der Waals surface area contributed by atoms with Gasteiger partial charge in [0.05, 0.1) is 4.92 Å². The molecule has 1 aromatic heterocycles. The van der Waals surface area contributed by atoms with Crippen LogP contribution >= 0.6 is 0 Å². The molecule has 3 aromatic rings. The summed E-state index contributed by atoms with van der Waals surface area (Å²) in [5, 5.41) is 12.3. The summed E-state index contributed by atoms with van der Waals surface area (Å²) >= 11 is 0. The zero-order chi connectivity index (χ0) is 17.8. The second kappa shape index (κ2) is 5.41. The fraction of sp³-hybridized carbons (Fsp3) is 0.300. The van der Waals surface area contributed by atoms with E-state index in [9.17, 15) is 14.5 Å². The number of para-hydroxylation sites is 1. The highest BCUT2D eigenvalue weighted by Crippen LogP contribution is 2.49. The summed E-state index contributed by atoms with van der Waals surface area (Å²) in [5.74, 6) is -0.209. The molecule has 1 atom stereocenters. The van der Waals surface area contributed by atoms with Crippen molar-refractivity contribution in [3.05, 3.63) is 75.2 Å². The average Bonchev–Trinajstić information content (AvgIpc) is 3.13. The average molecular weight is 338 g/mol. The van der Waals surface area contributed by atoms with Gasteiger partial charge in [-0.3, -0.25) is 10.1 Å². The number of fused-ring (bicyclic) bond motifs is 2. The summed E-state index contributed by atoms with van der Waals surface area (Å²) in [5.41, 5.74) is 3.83. The molecule has 0 N–H and O–H groups in total. The standard InChI is InChI=1S/C20H19FN2O2/c1-3-20(10-9-13-11-14(21)7-8-16(13)20)17-12-22(2)19-15(17)5-4-6-18(19)23(24)25/h4-8,11-12H,3,9-10H2,1-2H3. The molecule has 0 radical (unpaired) electrons. The molecule has 2 aromatic carbocycles. The van der Waals surface area contributed by atoms with Crippen molar-refractivity contribution in [2.24, 2.45) is 7.05 Å². The minimum absolute atomic E-state index is 0.120. The molecule has 4 rings (SSSR count). The molecule has 0 spiro atoms. The Balaban J connectivity index is 2.02. The Hall–Kier alpha value is -2.69. The molecule has 0 fully saturated rings. The zero-order valence-corrected chi connectivity index (χ0v) is 14.3. The Labute approximate surface area is 145 Å². The number of hydrogen-bond donors (Lipinski definition) is 0. The molecule has 0 amide bonds. The fourth-order valence-electron chi connectivity index (χ4n) is 4.53. The SMILES string of the molecule is CCC1(c2cn(C)c3c([N+](=O)[O-])cccc23)CCc2cc(F)ccc21. The topological polar surface area (TPSA) is 48.1 Å². The number of halogens is 1. The normalized spacial score (nSPS) is 19.3. The van der Waals surface area contributed by atoms with E-state index >= 15 is 0 Å². The molecular weight excluding hydrogens is 319 g/mol. The summed E-state index contributed by atoms with van der Waals surface area (Å²) < 4.78 is 15.5. The Morgan fingerprint density at radius 3 is 2.80 bits per heavy atom. The van der Waals surface area contributed by atoms with Crippen molar-refractivity contribution in [1.29, 1.82) is 0 Å². The van der Waals surface area contributed by atoms with Crippen LogP contribution in [0.2, 0.25) is 0 Å². The van der Waals surface area contributed by atoms with Gasteiger partial charge in [-0.1, -0.05) is 25.1 Å². The smallest absolute Gasteiger partial charge is 0.293 e. The van der Waals surface area contributed by atoms with Gasteiger partial charge in [0.2, 0.25) is 0 Å². The minimum atomic E-state index is -0.331. The molecule has 1 aliphatic carbocycles. The Bertz CT molecular complexity index is 1010. The minimum Gasteiger partial charge on any atom is -0.345 e. The number of nitro benzene ring substituents is 1. The van der Waals surface area contributed by atoms with Crippen LogP contribution in [0.25, 0.3) is 10.9 Å². The molecule has 0 saturated heterocycles. The van der Waals surface area contributed by atoms with Gasteiger partial charge in [0.15, 0.2) is 0 Å². The summed E-state index contributed by atoms with van der Waals surface area (Å²) in [6, 6.07) is 10.3. The van der Waals surface area contributed by atoms with Crippen LogP contribution in [-0.2, 0) is 18.9 Å². The van der Waals surface area contributed by atoms with Crippen LogP contribution in [0, 0.1) is 15.9 Å². The van der Waals surface area contributed by atoms with Gasteiger partial charge in [0.25, 0.3) is 5.69 Å². The largest absolute Gasteiger partial charge is 0.345 e. The van der Waals surface area contributed by atoms with Crippen molar-refractivity contribution in [3.8, 4) is 0 Å². The van der Waals surface area contributed by atoms with E-state index in [4.69, 9.17) is 0 Å². The van der Waals surface area contributed by atoms with Gasteiger partial charge in [0.1, 0.15) is 11.3 Å². The van der Waals surface area contributed by atoms with Crippen molar-refractivity contribution in [2.75, 3.05) is 0 Å². The van der Waals surface area contributed by atoms with Crippen LogP contribution < -0.4 is 0 Å². The second-order valence-corrected chi connectivity index (χ2v) is 6.82. The van der Waals surface area contributed by atoms with E-state index in [1.54, 1.807) is 18.2 Å². The van der Waals surface area contributed by atoms with E-state index in [2.05, 4.69) is 6.92 Å². The first-order valence-electron chi connectivity index (χ1n) is 8.50. The highest BCUT2D eigenvalue weighted by Gasteiger charge is 2.41. The number of rotatable bonds is 3. The van der Waals surface area contributed by atoms with Gasteiger partial charge < -0.3 is 4.57 Å². The summed E-state index contributed by atoms with van der Waals surface area (Å²) in [4.78, 5) is 11.1. The number of non-ortho nitro benzene ring substituents is 1. The molecule has 1 unspecified atom stereocenters. The molecule has 25 heavy (non-hydrogen) atoms. The second-order valence-electron chi connectivity index (χ2n) is 6.82. The summed E-state index contributed by atoms with van der Waals surface area (Å²) in [7, 11) is 1.85. The maximum atomic E-state index is 13.6. The molecule has 128 valence electrons. The lowest BCUT2D eigenvalue weighted by molar-refractivity contribution is -0.383. The molecule has 4 nitrogen and oxygen atoms in total. The van der Waals surface area contributed by atoms with Crippen molar-refractivity contribution in [2.45, 2.75) is 31.6 Å². The molecule has 1 aliphatic rings. The molecular formula is C20H19FN2O2. The third-order valence-electron chi connectivity index (χ3n) is 5.70. The zero-order valence-electron chi connectivity index (χ0n) is 14.3. The van der Waals surface area contributed by atoms with Crippen LogP contribution in [0.1, 0.15) is 36.5 Å². The Morgan fingerprint density at radius 1 is 1.28 bits per heavy atom. The van der Waals surface area contributed by atoms with Gasteiger partial charge in [-0.15, -0.1) is 0 Å². The molecule has 1 heterocycles. The van der Waals surface area contributed by atoms with E-state index in [0.717, 1.165) is 41.3 Å². The monoisotopic (exact) mass is 338 g/mol. The predicted octanol–water partition coefficient (Wildman–Crippen LogP) is 4.87. The highest BCUT2D eigenvalue weighted by molar-refractivity contribution is 5.92. The Kier molecular flexibility index (Phi) is 3.42. The van der Waals surface area contributed by atoms with E-state index < -0.39 is 0 Å². The Morgan fingerprint density at radius 2 is 2.08 bits per heavy atom. The van der Waals surface area contributed by atoms with Crippen LogP contribution in [-0.4, -0.2) is 9.49 Å². The molecule has 0 saturated carbocycles. The first-order chi connectivity index (χ1) is 12.0. The molecule has 0 aliphatic heterocycles. The lowest BCUT2D eigenvalue weighted by Crippen LogP contribution is -2.23. The number of benzene rings is 2. The van der Waals surface area contributed by atoms with Crippen molar-refractivity contribution >= 4 is 16.6 Å². The van der Waals surface area contributed by atoms with Crippen LogP contribution in [0.15, 0.2) is 42.6 Å². The maximum Gasteiger partial charge on any atom is 0.293 e. The van der Waals surface area contributed by atoms with Crippen LogP contribution in [0.5, 0.6) is 0 Å². The number of hydrogen-bond acceptors (Lipinski definition) is 2. The van der Waals surface area contributed by atoms with E-state index in [-0.39, 0.29) is 21.8 Å². The predicted molar refractivity (Wildman–Crippen MR) is 95.4 cm³/mol. The van der Waals surface area contributed by atoms with Crippen molar-refractivity contribution < 1.29 is 9.31 Å². The lowest BCUT2D eigenvalue weighted by Gasteiger charge is -2.29. The highest BCUT2D eigenvalue weighted by atomic mass is 19.1. The lowest BCUT2D eigenvalue weighted by atomic mass is 9.73. The number of aryl methyl sites for hydroxylation is 2. The number of aromatic nitrogens is 1. The van der Waals surface area contributed by atoms with Gasteiger partial charge in [-0.2, -0.15) is 0 Å². The van der Waals surface area contributed by atoms with Crippen molar-refractivity contribution in [3.63, 3.8) is 0 Å². The van der Waals surface area contributed by atoms with Crippen LogP contribution in [0.3, 0.4) is 0 Å². The van der Waals surface area contributed by atoms with E-state index in [1.165, 1.54) is 6.07 Å². The first kappa shape index (κ1) is 15.8. The quantitative estimate of drug-likeness (QED) is 0.505. The summed E-state index contributed by atoms with van der Waals surface area (Å²) in [6.45, 7) is 2.13. The first-order valence-corrected chi connectivity index (χ1v) is 8.50. The molecule has 0 bridgehead atoms. The van der Waals surface area contributed by atoms with Crippen LogP contribution in [0.4, 0.5) is 10.1 Å². The third kappa shape index (κ3) is 2.11. The maximum absolute atomic E-state index is 13.6. The number of nitrogens with zero attached hydrogens (tertiary/aromatic N) is 2. The van der Waals surface area contributed by atoms with Gasteiger partial charge >= 0.3 is 0 Å². The number of nitro groups is 1. The van der Waals surface area contributed by atoms with Crippen molar-refractivity contribution in [1.82, 2.24) is 4.57 Å².